The molecule has 5 heteroatoms. The van der Waals surface area contributed by atoms with Gasteiger partial charge in [-0.3, -0.25) is 4.79 Å². The van der Waals surface area contributed by atoms with Crippen LogP contribution in [0.4, 0.5) is 5.69 Å². The third-order valence-electron chi connectivity index (χ3n) is 2.80. The molecule has 21 heavy (non-hydrogen) atoms. The molecule has 0 radical (unpaired) electrons. The Labute approximate surface area is 128 Å². The van der Waals surface area contributed by atoms with E-state index in [1.807, 2.05) is 31.2 Å². The van der Waals surface area contributed by atoms with E-state index in [1.54, 1.807) is 18.2 Å². The number of benzene rings is 2. The minimum Gasteiger partial charge on any atom is -0.495 e. The molecule has 0 aliphatic heterocycles. The maximum Gasteiger partial charge on any atom is 0.262 e. The van der Waals surface area contributed by atoms with Crippen LogP contribution in [0.5, 0.6) is 11.5 Å². The van der Waals surface area contributed by atoms with Gasteiger partial charge in [0.2, 0.25) is 0 Å². The first-order chi connectivity index (χ1) is 10.1. The molecule has 2 aromatic carbocycles. The number of aryl methyl sites for hydroxylation is 1. The van der Waals surface area contributed by atoms with Gasteiger partial charge in [0, 0.05) is 5.69 Å². The van der Waals surface area contributed by atoms with E-state index in [1.165, 1.54) is 7.11 Å². The van der Waals surface area contributed by atoms with Crippen LogP contribution in [0, 0.1) is 6.92 Å². The van der Waals surface area contributed by atoms with Crippen LogP contribution >= 0.6 is 11.6 Å². The summed E-state index contributed by atoms with van der Waals surface area (Å²) in [6, 6.07) is 12.6. The van der Waals surface area contributed by atoms with E-state index in [9.17, 15) is 4.79 Å². The lowest BCUT2D eigenvalue weighted by Gasteiger charge is -2.09. The SMILES string of the molecule is COc1ccc(NC(=O)COc2cccc(C)c2)cc1Cl. The van der Waals surface area contributed by atoms with Gasteiger partial charge < -0.3 is 14.8 Å². The third kappa shape index (κ3) is 4.39. The van der Waals surface area contributed by atoms with Crippen LogP contribution in [0.25, 0.3) is 0 Å². The topological polar surface area (TPSA) is 47.6 Å². The number of hydrogen-bond donors (Lipinski definition) is 1. The fourth-order valence-electron chi connectivity index (χ4n) is 1.80. The molecule has 0 atom stereocenters. The first-order valence-corrected chi connectivity index (χ1v) is 6.79. The van der Waals surface area contributed by atoms with Crippen LogP contribution in [0.3, 0.4) is 0 Å². The predicted molar refractivity (Wildman–Crippen MR) is 83.3 cm³/mol. The van der Waals surface area contributed by atoms with Gasteiger partial charge in [0.1, 0.15) is 11.5 Å². The summed E-state index contributed by atoms with van der Waals surface area (Å²) < 4.78 is 10.5. The van der Waals surface area contributed by atoms with E-state index in [2.05, 4.69) is 5.32 Å². The monoisotopic (exact) mass is 305 g/mol. The highest BCUT2D eigenvalue weighted by atomic mass is 35.5. The summed E-state index contributed by atoms with van der Waals surface area (Å²) in [6.45, 7) is 1.90. The number of carbonyl (C=O) groups is 1. The summed E-state index contributed by atoms with van der Waals surface area (Å²) >= 11 is 6.00. The van der Waals surface area contributed by atoms with E-state index in [0.717, 1.165) is 5.56 Å². The number of amides is 1. The smallest absolute Gasteiger partial charge is 0.262 e. The molecule has 0 fully saturated rings. The van der Waals surface area contributed by atoms with E-state index in [4.69, 9.17) is 21.1 Å². The molecular formula is C16H16ClNO3. The highest BCUT2D eigenvalue weighted by Crippen LogP contribution is 2.27. The second-order valence-electron chi connectivity index (χ2n) is 4.50. The van der Waals surface area contributed by atoms with E-state index in [0.29, 0.717) is 22.2 Å². The fraction of sp³-hybridized carbons (Fsp3) is 0.188. The highest BCUT2D eigenvalue weighted by molar-refractivity contribution is 6.32. The van der Waals surface area contributed by atoms with E-state index in [-0.39, 0.29) is 12.5 Å². The zero-order valence-corrected chi connectivity index (χ0v) is 12.6. The van der Waals surface area contributed by atoms with Crippen LogP contribution in [0.15, 0.2) is 42.5 Å². The molecule has 0 aliphatic carbocycles. The van der Waals surface area contributed by atoms with Gasteiger partial charge in [-0.25, -0.2) is 0 Å². The van der Waals surface area contributed by atoms with Crippen LogP contribution in [-0.2, 0) is 4.79 Å². The van der Waals surface area contributed by atoms with Gasteiger partial charge in [-0.2, -0.15) is 0 Å². The summed E-state index contributed by atoms with van der Waals surface area (Å²) in [7, 11) is 1.54. The molecule has 0 saturated carbocycles. The zero-order chi connectivity index (χ0) is 15.2. The summed E-state index contributed by atoms with van der Waals surface area (Å²) in [4.78, 5) is 11.8. The van der Waals surface area contributed by atoms with Crippen molar-refractivity contribution in [1.29, 1.82) is 0 Å². The minimum absolute atomic E-state index is 0.0624. The standard InChI is InChI=1S/C16H16ClNO3/c1-11-4-3-5-13(8-11)21-10-16(19)18-12-6-7-15(20-2)14(17)9-12/h3-9H,10H2,1-2H3,(H,18,19). The predicted octanol–water partition coefficient (Wildman–Crippen LogP) is 3.67. The Balaban J connectivity index is 1.91. The lowest BCUT2D eigenvalue weighted by Crippen LogP contribution is -2.20. The highest BCUT2D eigenvalue weighted by Gasteiger charge is 2.06. The molecule has 2 aromatic rings. The molecule has 0 aliphatic rings. The molecule has 0 spiro atoms. The third-order valence-corrected chi connectivity index (χ3v) is 3.09. The summed E-state index contributed by atoms with van der Waals surface area (Å²) in [6.07, 6.45) is 0. The Morgan fingerprint density at radius 1 is 1.24 bits per heavy atom. The van der Waals surface area contributed by atoms with Crippen molar-refractivity contribution in [2.75, 3.05) is 19.0 Å². The minimum atomic E-state index is -0.252. The summed E-state index contributed by atoms with van der Waals surface area (Å²) in [5.41, 5.74) is 1.67. The second-order valence-corrected chi connectivity index (χ2v) is 4.91. The molecule has 1 amide bonds. The quantitative estimate of drug-likeness (QED) is 0.916. The number of hydrogen-bond acceptors (Lipinski definition) is 3. The van der Waals surface area contributed by atoms with Gasteiger partial charge in [-0.15, -0.1) is 0 Å². The molecule has 1 N–H and O–H groups in total. The van der Waals surface area contributed by atoms with Gasteiger partial charge in [-0.05, 0) is 42.8 Å². The molecule has 0 heterocycles. The Morgan fingerprint density at radius 2 is 2.05 bits per heavy atom. The zero-order valence-electron chi connectivity index (χ0n) is 11.9. The van der Waals surface area contributed by atoms with E-state index >= 15 is 0 Å². The van der Waals surface area contributed by atoms with Crippen molar-refractivity contribution in [2.24, 2.45) is 0 Å². The molecule has 0 bridgehead atoms. The van der Waals surface area contributed by atoms with Crippen molar-refractivity contribution < 1.29 is 14.3 Å². The average Bonchev–Trinajstić information content (AvgIpc) is 2.45. The van der Waals surface area contributed by atoms with Crippen molar-refractivity contribution in [3.8, 4) is 11.5 Å². The van der Waals surface area contributed by atoms with Crippen LogP contribution in [-0.4, -0.2) is 19.6 Å². The van der Waals surface area contributed by atoms with Crippen LogP contribution in [0.2, 0.25) is 5.02 Å². The summed E-state index contributed by atoms with van der Waals surface area (Å²) in [5, 5.41) is 3.15. The van der Waals surface area contributed by atoms with Gasteiger partial charge in [-0.1, -0.05) is 23.7 Å². The first kappa shape index (κ1) is 15.2. The van der Waals surface area contributed by atoms with Gasteiger partial charge in [0.25, 0.3) is 5.91 Å². The molecule has 110 valence electrons. The number of carbonyl (C=O) groups excluding carboxylic acids is 1. The maximum absolute atomic E-state index is 11.8. The molecule has 0 saturated heterocycles. The number of halogens is 1. The van der Waals surface area contributed by atoms with Crippen LogP contribution < -0.4 is 14.8 Å². The van der Waals surface area contributed by atoms with Crippen LogP contribution in [0.1, 0.15) is 5.56 Å². The lowest BCUT2D eigenvalue weighted by molar-refractivity contribution is -0.118. The number of nitrogens with one attached hydrogen (secondary N) is 1. The summed E-state index contributed by atoms with van der Waals surface area (Å²) in [5.74, 6) is 0.973. The fourth-order valence-corrected chi connectivity index (χ4v) is 2.05. The second kappa shape index (κ2) is 6.99. The van der Waals surface area contributed by atoms with Crippen molar-refractivity contribution in [3.05, 3.63) is 53.1 Å². The van der Waals surface area contributed by atoms with Crippen molar-refractivity contribution in [3.63, 3.8) is 0 Å². The lowest BCUT2D eigenvalue weighted by atomic mass is 10.2. The Morgan fingerprint density at radius 3 is 2.71 bits per heavy atom. The molecule has 2 rings (SSSR count). The van der Waals surface area contributed by atoms with Gasteiger partial charge >= 0.3 is 0 Å². The normalized spacial score (nSPS) is 10.0. The Kier molecular flexibility index (Phi) is 5.06. The molecule has 4 nitrogen and oxygen atoms in total. The largest absolute Gasteiger partial charge is 0.495 e. The number of ether oxygens (including phenoxy) is 2. The Bertz CT molecular complexity index is 643. The van der Waals surface area contributed by atoms with Crippen molar-refractivity contribution >= 4 is 23.2 Å². The van der Waals surface area contributed by atoms with Crippen molar-refractivity contribution in [2.45, 2.75) is 6.92 Å². The molecular weight excluding hydrogens is 290 g/mol. The van der Waals surface area contributed by atoms with E-state index < -0.39 is 0 Å². The molecule has 0 aromatic heterocycles. The average molecular weight is 306 g/mol. The maximum atomic E-state index is 11.8. The number of rotatable bonds is 5. The Hall–Kier alpha value is -2.20. The van der Waals surface area contributed by atoms with Gasteiger partial charge in [0.15, 0.2) is 6.61 Å². The number of anilines is 1. The van der Waals surface area contributed by atoms with Gasteiger partial charge in [0.05, 0.1) is 12.1 Å². The molecule has 0 unspecified atom stereocenters. The first-order valence-electron chi connectivity index (χ1n) is 6.41. The van der Waals surface area contributed by atoms with Crippen molar-refractivity contribution in [1.82, 2.24) is 0 Å². The number of methoxy groups -OCH3 is 1.